The molecule has 5 rings (SSSR count). The van der Waals surface area contributed by atoms with E-state index in [9.17, 15) is 4.79 Å². The van der Waals surface area contributed by atoms with Crippen molar-refractivity contribution in [2.75, 3.05) is 11.9 Å². The van der Waals surface area contributed by atoms with E-state index in [4.69, 9.17) is 9.47 Å². The van der Waals surface area contributed by atoms with Crippen molar-refractivity contribution in [3.05, 3.63) is 41.4 Å². The molecule has 0 aliphatic carbocycles. The van der Waals surface area contributed by atoms with Gasteiger partial charge in [0.25, 0.3) is 5.91 Å². The second kappa shape index (κ2) is 5.93. The third kappa shape index (κ3) is 2.58. The van der Waals surface area contributed by atoms with E-state index in [2.05, 4.69) is 15.3 Å². The lowest BCUT2D eigenvalue weighted by atomic mass is 10.2. The molecule has 0 unspecified atom stereocenters. The van der Waals surface area contributed by atoms with Gasteiger partial charge in [0.15, 0.2) is 16.6 Å². The Balaban J connectivity index is 1.41. The van der Waals surface area contributed by atoms with E-state index in [0.29, 0.717) is 16.6 Å². The smallest absolute Gasteiger partial charge is 0.270 e. The molecule has 130 valence electrons. The lowest BCUT2D eigenvalue weighted by Crippen LogP contribution is -2.40. The average Bonchev–Trinajstić information content (AvgIpc) is 3.23. The second-order valence-electron chi connectivity index (χ2n) is 5.87. The summed E-state index contributed by atoms with van der Waals surface area (Å²) in [7, 11) is 0. The summed E-state index contributed by atoms with van der Waals surface area (Å²) in [5.41, 5.74) is 1.81. The largest absolute Gasteiger partial charge is 0.485 e. The Morgan fingerprint density at radius 1 is 1.08 bits per heavy atom. The van der Waals surface area contributed by atoms with E-state index < -0.39 is 6.10 Å². The van der Waals surface area contributed by atoms with E-state index in [1.165, 1.54) is 11.3 Å². The highest BCUT2D eigenvalue weighted by Crippen LogP contribution is 2.36. The molecule has 8 heteroatoms. The van der Waals surface area contributed by atoms with Crippen LogP contribution in [0.2, 0.25) is 0 Å². The lowest BCUT2D eigenvalue weighted by Gasteiger charge is -2.25. The molecule has 2 aromatic heterocycles. The summed E-state index contributed by atoms with van der Waals surface area (Å²) < 4.78 is 13.5. The number of hydrogen-bond acceptors (Lipinski definition) is 7. The van der Waals surface area contributed by atoms with E-state index in [-0.39, 0.29) is 12.5 Å². The zero-order chi connectivity index (χ0) is 17.7. The quantitative estimate of drug-likeness (QED) is 0.566. The number of para-hydroxylation sites is 2. The highest BCUT2D eigenvalue weighted by Gasteiger charge is 2.28. The minimum atomic E-state index is -0.706. The summed E-state index contributed by atoms with van der Waals surface area (Å²) in [6.07, 6.45) is -0.706. The van der Waals surface area contributed by atoms with Crippen LogP contribution in [0.15, 0.2) is 36.4 Å². The van der Waals surface area contributed by atoms with Gasteiger partial charge in [-0.05, 0) is 31.2 Å². The molecule has 6 nitrogen and oxygen atoms in total. The molecule has 0 saturated carbocycles. The molecule has 2 aromatic carbocycles. The first-order valence-electron chi connectivity index (χ1n) is 8.03. The molecule has 0 saturated heterocycles. The number of rotatable bonds is 2. The maximum absolute atomic E-state index is 12.6. The van der Waals surface area contributed by atoms with Crippen molar-refractivity contribution in [3.8, 4) is 11.5 Å². The van der Waals surface area contributed by atoms with Gasteiger partial charge in [-0.1, -0.05) is 23.5 Å². The molecular weight excluding hydrogens is 370 g/mol. The van der Waals surface area contributed by atoms with Gasteiger partial charge in [-0.2, -0.15) is 0 Å². The van der Waals surface area contributed by atoms with Crippen LogP contribution in [0.5, 0.6) is 11.5 Å². The Morgan fingerprint density at radius 3 is 2.65 bits per heavy atom. The number of anilines is 1. The topological polar surface area (TPSA) is 73.3 Å². The first kappa shape index (κ1) is 15.5. The van der Waals surface area contributed by atoms with Gasteiger partial charge in [-0.15, -0.1) is 11.3 Å². The lowest BCUT2D eigenvalue weighted by molar-refractivity contribution is -0.125. The Morgan fingerprint density at radius 2 is 1.81 bits per heavy atom. The first-order valence-corrected chi connectivity index (χ1v) is 9.67. The SMILES string of the molecule is Cc1nc2ccc3nc(NC(=O)[C@H]4COc5ccccc5O4)sc3c2s1. The van der Waals surface area contributed by atoms with Crippen molar-refractivity contribution in [1.29, 1.82) is 0 Å². The number of carbonyl (C=O) groups is 1. The summed E-state index contributed by atoms with van der Waals surface area (Å²) in [5, 5.41) is 4.41. The highest BCUT2D eigenvalue weighted by atomic mass is 32.1. The number of amides is 1. The maximum Gasteiger partial charge on any atom is 0.270 e. The van der Waals surface area contributed by atoms with Gasteiger partial charge in [0, 0.05) is 0 Å². The second-order valence-corrected chi connectivity index (χ2v) is 8.07. The number of benzene rings is 2. The maximum atomic E-state index is 12.6. The van der Waals surface area contributed by atoms with Gasteiger partial charge >= 0.3 is 0 Å². The molecule has 1 atom stereocenters. The molecule has 1 N–H and O–H groups in total. The monoisotopic (exact) mass is 383 g/mol. The molecule has 1 amide bonds. The van der Waals surface area contributed by atoms with E-state index in [1.54, 1.807) is 17.4 Å². The van der Waals surface area contributed by atoms with Crippen LogP contribution >= 0.6 is 22.7 Å². The fourth-order valence-corrected chi connectivity index (χ4v) is 4.88. The van der Waals surface area contributed by atoms with Crippen LogP contribution in [0.3, 0.4) is 0 Å². The summed E-state index contributed by atoms with van der Waals surface area (Å²) in [4.78, 5) is 21.6. The summed E-state index contributed by atoms with van der Waals surface area (Å²) in [5.74, 6) is 0.958. The molecule has 3 heterocycles. The minimum absolute atomic E-state index is 0.173. The Kier molecular flexibility index (Phi) is 3.54. The average molecular weight is 383 g/mol. The molecule has 0 fully saturated rings. The standard InChI is InChI=1S/C18H13N3O3S2/c1-9-19-10-6-7-11-16(15(10)25-9)26-18(20-11)21-17(22)14-8-23-12-4-2-3-5-13(12)24-14/h2-7,14H,8H2,1H3,(H,20,21,22)/t14-/m1/s1. The number of aromatic nitrogens is 2. The molecule has 0 bridgehead atoms. The molecule has 26 heavy (non-hydrogen) atoms. The molecule has 1 aliphatic rings. The van der Waals surface area contributed by atoms with Gasteiger partial charge in [0.2, 0.25) is 6.10 Å². The summed E-state index contributed by atoms with van der Waals surface area (Å²) in [6, 6.07) is 11.2. The van der Waals surface area contributed by atoms with Gasteiger partial charge < -0.3 is 9.47 Å². The number of aryl methyl sites for hydroxylation is 1. The van der Waals surface area contributed by atoms with Gasteiger partial charge in [0.05, 0.1) is 25.4 Å². The van der Waals surface area contributed by atoms with Crippen LogP contribution in [-0.2, 0) is 4.79 Å². The summed E-state index contributed by atoms with van der Waals surface area (Å²) in [6.45, 7) is 2.16. The fraction of sp³-hybridized carbons (Fsp3) is 0.167. The predicted octanol–water partition coefficient (Wildman–Crippen LogP) is 3.99. The van der Waals surface area contributed by atoms with Crippen LogP contribution in [0.4, 0.5) is 5.13 Å². The number of fused-ring (bicyclic) bond motifs is 4. The number of carbonyl (C=O) groups excluding carboxylic acids is 1. The number of hydrogen-bond donors (Lipinski definition) is 1. The molecule has 4 aromatic rings. The number of ether oxygens (including phenoxy) is 2. The van der Waals surface area contributed by atoms with Gasteiger partial charge in [0.1, 0.15) is 6.61 Å². The first-order chi connectivity index (χ1) is 12.7. The van der Waals surface area contributed by atoms with Crippen molar-refractivity contribution in [3.63, 3.8) is 0 Å². The summed E-state index contributed by atoms with van der Waals surface area (Å²) >= 11 is 3.09. The van der Waals surface area contributed by atoms with Gasteiger partial charge in [-0.25, -0.2) is 9.97 Å². The normalized spacial score (nSPS) is 16.1. The minimum Gasteiger partial charge on any atom is -0.485 e. The van der Waals surface area contributed by atoms with Gasteiger partial charge in [-0.3, -0.25) is 10.1 Å². The van der Waals surface area contributed by atoms with Crippen LogP contribution in [0, 0.1) is 6.92 Å². The zero-order valence-corrected chi connectivity index (χ0v) is 15.3. The Hall–Kier alpha value is -2.71. The van der Waals surface area contributed by atoms with E-state index in [1.807, 2.05) is 37.3 Å². The number of nitrogens with one attached hydrogen (secondary N) is 1. The highest BCUT2D eigenvalue weighted by molar-refractivity contribution is 7.28. The van der Waals surface area contributed by atoms with Crippen molar-refractivity contribution in [2.24, 2.45) is 0 Å². The van der Waals surface area contributed by atoms with Crippen molar-refractivity contribution >= 4 is 54.1 Å². The molecule has 1 aliphatic heterocycles. The van der Waals surface area contributed by atoms with Crippen molar-refractivity contribution < 1.29 is 14.3 Å². The predicted molar refractivity (Wildman–Crippen MR) is 103 cm³/mol. The van der Waals surface area contributed by atoms with E-state index >= 15 is 0 Å². The molecular formula is C18H13N3O3S2. The van der Waals surface area contributed by atoms with Crippen molar-refractivity contribution in [2.45, 2.75) is 13.0 Å². The van der Waals surface area contributed by atoms with Crippen LogP contribution in [0.1, 0.15) is 5.01 Å². The Labute approximate surface area is 156 Å². The zero-order valence-electron chi connectivity index (χ0n) is 13.7. The fourth-order valence-electron chi connectivity index (χ4n) is 2.87. The van der Waals surface area contributed by atoms with Crippen molar-refractivity contribution in [1.82, 2.24) is 9.97 Å². The third-order valence-corrected chi connectivity index (χ3v) is 6.19. The van der Waals surface area contributed by atoms with E-state index in [0.717, 1.165) is 25.4 Å². The molecule has 0 spiro atoms. The third-order valence-electron chi connectivity index (χ3n) is 4.05. The number of nitrogens with zero attached hydrogens (tertiary/aromatic N) is 2. The van der Waals surface area contributed by atoms with Crippen LogP contribution in [0.25, 0.3) is 20.4 Å². The molecule has 0 radical (unpaired) electrons. The van der Waals surface area contributed by atoms with Crippen LogP contribution < -0.4 is 14.8 Å². The number of thiazole rings is 2. The van der Waals surface area contributed by atoms with Crippen LogP contribution in [-0.4, -0.2) is 28.6 Å². The Bertz CT molecular complexity index is 1150.